The maximum absolute atomic E-state index is 5.49. The number of aromatic nitrogens is 2. The van der Waals surface area contributed by atoms with Crippen LogP contribution in [0.2, 0.25) is 0 Å². The van der Waals surface area contributed by atoms with Crippen molar-refractivity contribution in [2.45, 2.75) is 13.3 Å². The molecule has 0 fully saturated rings. The van der Waals surface area contributed by atoms with E-state index in [4.69, 9.17) is 4.74 Å². The van der Waals surface area contributed by atoms with E-state index in [9.17, 15) is 0 Å². The minimum absolute atomic E-state index is 0.551. The van der Waals surface area contributed by atoms with Crippen LogP contribution in [0.3, 0.4) is 0 Å². The Morgan fingerprint density at radius 3 is 2.93 bits per heavy atom. The lowest BCUT2D eigenvalue weighted by Gasteiger charge is -2.08. The van der Waals surface area contributed by atoms with Gasteiger partial charge in [0.25, 0.3) is 0 Å². The average molecular weight is 272 g/mol. The van der Waals surface area contributed by atoms with Crippen molar-refractivity contribution in [1.82, 2.24) is 9.97 Å². The highest BCUT2D eigenvalue weighted by molar-refractivity contribution is 9.10. The Morgan fingerprint density at radius 1 is 1.60 bits per heavy atom. The SMILES string of the molecule is C=C(C)CCOc1ncnc(NC)c1Br. The topological polar surface area (TPSA) is 47.0 Å². The summed E-state index contributed by atoms with van der Waals surface area (Å²) in [4.78, 5) is 8.07. The van der Waals surface area contributed by atoms with Gasteiger partial charge in [0, 0.05) is 13.5 Å². The average Bonchev–Trinajstić information content (AvgIpc) is 2.20. The number of anilines is 1. The van der Waals surface area contributed by atoms with Gasteiger partial charge in [-0.2, -0.15) is 0 Å². The van der Waals surface area contributed by atoms with Crippen LogP contribution in [0.5, 0.6) is 5.88 Å². The summed E-state index contributed by atoms with van der Waals surface area (Å²) in [6.07, 6.45) is 2.29. The third kappa shape index (κ3) is 3.51. The Balaban J connectivity index is 2.64. The molecule has 15 heavy (non-hydrogen) atoms. The van der Waals surface area contributed by atoms with Crippen molar-refractivity contribution in [3.05, 3.63) is 23.0 Å². The second-order valence-corrected chi connectivity index (χ2v) is 3.94. The summed E-state index contributed by atoms with van der Waals surface area (Å²) in [6.45, 7) is 6.35. The Bertz CT molecular complexity index is 355. The Kier molecular flexibility index (Phi) is 4.55. The fourth-order valence-electron chi connectivity index (χ4n) is 0.951. The molecular formula is C10H14BrN3O. The van der Waals surface area contributed by atoms with Crippen LogP contribution in [0.1, 0.15) is 13.3 Å². The van der Waals surface area contributed by atoms with E-state index in [1.807, 2.05) is 6.92 Å². The van der Waals surface area contributed by atoms with Crippen LogP contribution in [-0.4, -0.2) is 23.6 Å². The molecule has 0 spiro atoms. The highest BCUT2D eigenvalue weighted by atomic mass is 79.9. The first-order valence-corrected chi connectivity index (χ1v) is 5.40. The molecule has 1 aromatic heterocycles. The number of nitrogens with one attached hydrogen (secondary N) is 1. The van der Waals surface area contributed by atoms with Crippen LogP contribution in [0.15, 0.2) is 23.0 Å². The maximum Gasteiger partial charge on any atom is 0.233 e. The van der Waals surface area contributed by atoms with Gasteiger partial charge >= 0.3 is 0 Å². The number of hydrogen-bond donors (Lipinski definition) is 1. The molecule has 1 rings (SSSR count). The van der Waals surface area contributed by atoms with Crippen LogP contribution < -0.4 is 10.1 Å². The summed E-state index contributed by atoms with van der Waals surface area (Å²) >= 11 is 3.37. The number of rotatable bonds is 5. The fraction of sp³-hybridized carbons (Fsp3) is 0.400. The molecule has 82 valence electrons. The molecule has 0 radical (unpaired) electrons. The van der Waals surface area contributed by atoms with E-state index in [0.717, 1.165) is 22.3 Å². The van der Waals surface area contributed by atoms with E-state index in [2.05, 4.69) is 37.8 Å². The molecular weight excluding hydrogens is 258 g/mol. The zero-order chi connectivity index (χ0) is 11.3. The molecule has 0 aliphatic heterocycles. The first-order chi connectivity index (χ1) is 7.15. The monoisotopic (exact) mass is 271 g/mol. The van der Waals surface area contributed by atoms with E-state index in [0.29, 0.717) is 12.5 Å². The van der Waals surface area contributed by atoms with Crippen molar-refractivity contribution in [1.29, 1.82) is 0 Å². The molecule has 1 N–H and O–H groups in total. The van der Waals surface area contributed by atoms with Crippen LogP contribution in [0, 0.1) is 0 Å². The molecule has 0 saturated carbocycles. The molecule has 1 heterocycles. The molecule has 4 nitrogen and oxygen atoms in total. The molecule has 0 aliphatic carbocycles. The van der Waals surface area contributed by atoms with Crippen molar-refractivity contribution >= 4 is 21.7 Å². The normalized spacial score (nSPS) is 9.80. The van der Waals surface area contributed by atoms with Gasteiger partial charge in [0.1, 0.15) is 16.6 Å². The highest BCUT2D eigenvalue weighted by Crippen LogP contribution is 2.27. The van der Waals surface area contributed by atoms with Gasteiger partial charge in [-0.05, 0) is 22.9 Å². The van der Waals surface area contributed by atoms with Gasteiger partial charge in [-0.25, -0.2) is 9.97 Å². The first kappa shape index (κ1) is 12.0. The standard InChI is InChI=1S/C10H14BrN3O/c1-7(2)4-5-15-10-8(11)9(12-3)13-6-14-10/h6H,1,4-5H2,2-3H3,(H,12,13,14). The number of hydrogen-bond acceptors (Lipinski definition) is 4. The predicted octanol–water partition coefficient (Wildman–Crippen LogP) is 2.63. The molecule has 5 heteroatoms. The zero-order valence-corrected chi connectivity index (χ0v) is 10.5. The van der Waals surface area contributed by atoms with Gasteiger partial charge in [0.2, 0.25) is 5.88 Å². The number of nitrogens with zero attached hydrogens (tertiary/aromatic N) is 2. The van der Waals surface area contributed by atoms with Crippen molar-refractivity contribution in [3.63, 3.8) is 0 Å². The van der Waals surface area contributed by atoms with Crippen LogP contribution in [-0.2, 0) is 0 Å². The molecule has 1 aromatic rings. The molecule has 0 aromatic carbocycles. The summed E-state index contributed by atoms with van der Waals surface area (Å²) in [5.41, 5.74) is 1.09. The summed E-state index contributed by atoms with van der Waals surface area (Å²) in [6, 6.07) is 0. The summed E-state index contributed by atoms with van der Waals surface area (Å²) in [7, 11) is 1.80. The van der Waals surface area contributed by atoms with Gasteiger partial charge in [-0.3, -0.25) is 0 Å². The second kappa shape index (κ2) is 5.70. The predicted molar refractivity (Wildman–Crippen MR) is 64.2 cm³/mol. The van der Waals surface area contributed by atoms with E-state index in [-0.39, 0.29) is 0 Å². The highest BCUT2D eigenvalue weighted by Gasteiger charge is 2.07. The van der Waals surface area contributed by atoms with E-state index in [1.165, 1.54) is 6.33 Å². The van der Waals surface area contributed by atoms with Gasteiger partial charge in [-0.1, -0.05) is 5.57 Å². The van der Waals surface area contributed by atoms with Crippen molar-refractivity contribution < 1.29 is 4.74 Å². The third-order valence-electron chi connectivity index (χ3n) is 1.76. The van der Waals surface area contributed by atoms with Crippen LogP contribution in [0.4, 0.5) is 5.82 Å². The quantitative estimate of drug-likeness (QED) is 0.837. The van der Waals surface area contributed by atoms with E-state index >= 15 is 0 Å². The largest absolute Gasteiger partial charge is 0.476 e. The van der Waals surface area contributed by atoms with Crippen LogP contribution >= 0.6 is 15.9 Å². The smallest absolute Gasteiger partial charge is 0.233 e. The third-order valence-corrected chi connectivity index (χ3v) is 2.48. The maximum atomic E-state index is 5.49. The molecule has 0 atom stereocenters. The Morgan fingerprint density at radius 2 is 2.33 bits per heavy atom. The first-order valence-electron chi connectivity index (χ1n) is 4.60. The lowest BCUT2D eigenvalue weighted by molar-refractivity contribution is 0.307. The van der Waals surface area contributed by atoms with Gasteiger partial charge in [0.05, 0.1) is 6.61 Å². The lowest BCUT2D eigenvalue weighted by atomic mass is 10.3. The summed E-state index contributed by atoms with van der Waals surface area (Å²) < 4.78 is 6.24. The molecule has 0 aliphatic rings. The summed E-state index contributed by atoms with van der Waals surface area (Å²) in [5.74, 6) is 1.27. The Hall–Kier alpha value is -1.10. The van der Waals surface area contributed by atoms with Crippen molar-refractivity contribution in [3.8, 4) is 5.88 Å². The van der Waals surface area contributed by atoms with Gasteiger partial charge in [0.15, 0.2) is 0 Å². The molecule has 0 amide bonds. The van der Waals surface area contributed by atoms with E-state index < -0.39 is 0 Å². The zero-order valence-electron chi connectivity index (χ0n) is 8.88. The molecule has 0 saturated heterocycles. The molecule has 0 bridgehead atoms. The van der Waals surface area contributed by atoms with Gasteiger partial charge < -0.3 is 10.1 Å². The second-order valence-electron chi connectivity index (χ2n) is 3.15. The van der Waals surface area contributed by atoms with Gasteiger partial charge in [-0.15, -0.1) is 6.58 Å². The fourth-order valence-corrected chi connectivity index (χ4v) is 1.47. The summed E-state index contributed by atoms with van der Waals surface area (Å²) in [5, 5.41) is 2.94. The van der Waals surface area contributed by atoms with Crippen molar-refractivity contribution in [2.24, 2.45) is 0 Å². The number of ether oxygens (including phenoxy) is 1. The molecule has 0 unspecified atom stereocenters. The minimum atomic E-state index is 0.551. The minimum Gasteiger partial charge on any atom is -0.476 e. The lowest BCUT2D eigenvalue weighted by Crippen LogP contribution is -2.03. The Labute approximate surface area is 97.9 Å². The van der Waals surface area contributed by atoms with Crippen LogP contribution in [0.25, 0.3) is 0 Å². The van der Waals surface area contributed by atoms with E-state index in [1.54, 1.807) is 7.05 Å². The van der Waals surface area contributed by atoms with Crippen molar-refractivity contribution in [2.75, 3.05) is 19.0 Å². The number of halogens is 1.